The third-order valence-corrected chi connectivity index (χ3v) is 7.04. The monoisotopic (exact) mass is 513 g/mol. The molecule has 1 N–H and O–H groups in total. The average Bonchev–Trinajstić information content (AvgIpc) is 3.19. The van der Waals surface area contributed by atoms with Gasteiger partial charge in [0.15, 0.2) is 0 Å². The molecule has 34 heavy (non-hydrogen) atoms. The second-order valence-corrected chi connectivity index (χ2v) is 9.75. The fourth-order valence-electron chi connectivity index (χ4n) is 3.80. The summed E-state index contributed by atoms with van der Waals surface area (Å²) in [5, 5.41) is 3.16. The van der Waals surface area contributed by atoms with Crippen molar-refractivity contribution in [1.82, 2.24) is 9.47 Å². The van der Waals surface area contributed by atoms with E-state index in [9.17, 15) is 14.4 Å². The SMILES string of the molecule is Cc1cccc(NC(=O)CN2C(=O)S/C(=C\c3cc(C)n(-c4ccc(Cl)c(Cl)c4)c3C)C2=O)c1. The molecule has 0 unspecified atom stereocenters. The number of carbonyl (C=O) groups is 3. The summed E-state index contributed by atoms with van der Waals surface area (Å²) in [4.78, 5) is 39.1. The second-order valence-electron chi connectivity index (χ2n) is 7.95. The number of anilines is 1. The lowest BCUT2D eigenvalue weighted by Crippen LogP contribution is -2.36. The topological polar surface area (TPSA) is 71.4 Å². The van der Waals surface area contributed by atoms with E-state index in [1.165, 1.54) is 0 Å². The molecule has 1 saturated heterocycles. The number of nitrogens with one attached hydrogen (secondary N) is 1. The van der Waals surface area contributed by atoms with E-state index in [0.29, 0.717) is 15.7 Å². The van der Waals surface area contributed by atoms with Crippen LogP contribution in [0.2, 0.25) is 10.0 Å². The molecule has 2 aromatic carbocycles. The van der Waals surface area contributed by atoms with Gasteiger partial charge < -0.3 is 9.88 Å². The zero-order valence-corrected chi connectivity index (χ0v) is 21.0. The first-order chi connectivity index (χ1) is 16.1. The normalized spacial score (nSPS) is 14.9. The first-order valence-electron chi connectivity index (χ1n) is 10.4. The van der Waals surface area contributed by atoms with Crippen molar-refractivity contribution in [3.63, 3.8) is 0 Å². The van der Waals surface area contributed by atoms with Gasteiger partial charge in [0, 0.05) is 22.8 Å². The highest BCUT2D eigenvalue weighted by molar-refractivity contribution is 8.18. The Balaban J connectivity index is 1.54. The quantitative estimate of drug-likeness (QED) is 0.401. The number of nitrogens with zero attached hydrogens (tertiary/aromatic N) is 2. The van der Waals surface area contributed by atoms with Gasteiger partial charge in [-0.3, -0.25) is 19.3 Å². The summed E-state index contributed by atoms with van der Waals surface area (Å²) in [7, 11) is 0. The molecular formula is C25H21Cl2N3O3S. The number of thioether (sulfide) groups is 1. The number of amides is 3. The zero-order chi connectivity index (χ0) is 24.6. The van der Waals surface area contributed by atoms with Crippen molar-refractivity contribution in [1.29, 1.82) is 0 Å². The van der Waals surface area contributed by atoms with Gasteiger partial charge in [0.1, 0.15) is 6.54 Å². The van der Waals surface area contributed by atoms with E-state index in [4.69, 9.17) is 23.2 Å². The number of halogens is 2. The Bertz CT molecular complexity index is 1360. The number of imide groups is 1. The van der Waals surface area contributed by atoms with E-state index in [1.807, 2.05) is 55.7 Å². The molecule has 9 heteroatoms. The van der Waals surface area contributed by atoms with E-state index in [-0.39, 0.29) is 11.4 Å². The van der Waals surface area contributed by atoms with Gasteiger partial charge in [0.2, 0.25) is 5.91 Å². The molecule has 2 heterocycles. The van der Waals surface area contributed by atoms with Crippen LogP contribution in [-0.2, 0) is 9.59 Å². The molecule has 174 valence electrons. The molecule has 4 rings (SSSR count). The first-order valence-corrected chi connectivity index (χ1v) is 12.0. The van der Waals surface area contributed by atoms with E-state index in [2.05, 4.69) is 5.32 Å². The minimum atomic E-state index is -0.492. The van der Waals surface area contributed by atoms with Gasteiger partial charge in [0.05, 0.1) is 15.0 Å². The van der Waals surface area contributed by atoms with E-state index < -0.39 is 17.1 Å². The lowest BCUT2D eigenvalue weighted by atomic mass is 10.2. The van der Waals surface area contributed by atoms with Crippen molar-refractivity contribution in [2.45, 2.75) is 20.8 Å². The number of hydrogen-bond acceptors (Lipinski definition) is 4. The predicted molar refractivity (Wildman–Crippen MR) is 138 cm³/mol. The molecule has 1 fully saturated rings. The fourth-order valence-corrected chi connectivity index (χ4v) is 4.92. The highest BCUT2D eigenvalue weighted by Gasteiger charge is 2.36. The summed E-state index contributed by atoms with van der Waals surface area (Å²) in [6.45, 7) is 5.42. The number of rotatable bonds is 5. The second kappa shape index (κ2) is 9.70. The third kappa shape index (κ3) is 4.92. The lowest BCUT2D eigenvalue weighted by molar-refractivity contribution is -0.127. The molecule has 0 saturated carbocycles. The van der Waals surface area contributed by atoms with Crippen LogP contribution in [0, 0.1) is 20.8 Å². The predicted octanol–water partition coefficient (Wildman–Crippen LogP) is 6.38. The van der Waals surface area contributed by atoms with Gasteiger partial charge in [0.25, 0.3) is 11.1 Å². The summed E-state index contributed by atoms with van der Waals surface area (Å²) in [6, 6.07) is 14.6. The van der Waals surface area contributed by atoms with Gasteiger partial charge in [-0.05, 0) is 86.1 Å². The van der Waals surface area contributed by atoms with Crippen LogP contribution in [-0.4, -0.2) is 33.1 Å². The van der Waals surface area contributed by atoms with Crippen LogP contribution in [0.1, 0.15) is 22.5 Å². The van der Waals surface area contributed by atoms with Crippen molar-refractivity contribution < 1.29 is 14.4 Å². The van der Waals surface area contributed by atoms with E-state index in [1.54, 1.807) is 24.3 Å². The molecule has 0 bridgehead atoms. The van der Waals surface area contributed by atoms with Gasteiger partial charge >= 0.3 is 0 Å². The number of aromatic nitrogens is 1. The summed E-state index contributed by atoms with van der Waals surface area (Å²) >= 11 is 13.0. The molecule has 0 radical (unpaired) electrons. The Morgan fingerprint density at radius 1 is 1.03 bits per heavy atom. The Labute approximate surface area is 211 Å². The summed E-state index contributed by atoms with van der Waals surface area (Å²) in [5.74, 6) is -0.930. The van der Waals surface area contributed by atoms with Crippen molar-refractivity contribution >= 4 is 63.8 Å². The Morgan fingerprint density at radius 2 is 1.79 bits per heavy atom. The van der Waals surface area contributed by atoms with Crippen LogP contribution in [0.3, 0.4) is 0 Å². The Morgan fingerprint density at radius 3 is 2.50 bits per heavy atom. The maximum atomic E-state index is 12.9. The standard InChI is InChI=1S/C25H21Cl2N3O3S/c1-14-5-4-6-18(9-14)28-23(31)13-29-24(32)22(34-25(29)33)11-17-10-15(2)30(16(17)3)19-7-8-20(26)21(27)12-19/h4-12H,13H2,1-3H3,(H,28,31)/b22-11-. The van der Waals surface area contributed by atoms with Crippen LogP contribution in [0.25, 0.3) is 11.8 Å². The lowest BCUT2D eigenvalue weighted by Gasteiger charge is -2.12. The minimum absolute atomic E-state index is 0.266. The minimum Gasteiger partial charge on any atom is -0.325 e. The van der Waals surface area contributed by atoms with Gasteiger partial charge in [-0.1, -0.05) is 35.3 Å². The first kappa shape index (κ1) is 24.1. The van der Waals surface area contributed by atoms with Gasteiger partial charge in [-0.15, -0.1) is 0 Å². The van der Waals surface area contributed by atoms with Crippen molar-refractivity contribution in [3.05, 3.63) is 86.0 Å². The molecule has 1 aliphatic heterocycles. The molecule has 0 spiro atoms. The summed E-state index contributed by atoms with van der Waals surface area (Å²) < 4.78 is 1.99. The molecule has 1 aliphatic rings. The average molecular weight is 514 g/mol. The molecule has 3 amide bonds. The molecule has 0 atom stereocenters. The molecule has 1 aromatic heterocycles. The number of benzene rings is 2. The van der Waals surface area contributed by atoms with E-state index in [0.717, 1.165) is 44.9 Å². The largest absolute Gasteiger partial charge is 0.325 e. The number of aryl methyl sites for hydroxylation is 2. The number of hydrogen-bond donors (Lipinski definition) is 1. The van der Waals surface area contributed by atoms with Crippen LogP contribution in [0.4, 0.5) is 10.5 Å². The van der Waals surface area contributed by atoms with Crippen molar-refractivity contribution in [2.24, 2.45) is 0 Å². The Hall–Kier alpha value is -3.00. The van der Waals surface area contributed by atoms with Gasteiger partial charge in [-0.2, -0.15) is 0 Å². The molecule has 3 aromatic rings. The smallest absolute Gasteiger partial charge is 0.294 e. The van der Waals surface area contributed by atoms with Crippen LogP contribution >= 0.6 is 35.0 Å². The van der Waals surface area contributed by atoms with Crippen LogP contribution < -0.4 is 5.32 Å². The fraction of sp³-hybridized carbons (Fsp3) is 0.160. The summed E-state index contributed by atoms with van der Waals surface area (Å²) in [6.07, 6.45) is 1.68. The maximum Gasteiger partial charge on any atom is 0.294 e. The zero-order valence-electron chi connectivity index (χ0n) is 18.7. The van der Waals surface area contributed by atoms with Crippen LogP contribution in [0.15, 0.2) is 53.4 Å². The van der Waals surface area contributed by atoms with Crippen molar-refractivity contribution in [3.8, 4) is 5.69 Å². The van der Waals surface area contributed by atoms with Gasteiger partial charge in [-0.25, -0.2) is 0 Å². The highest BCUT2D eigenvalue weighted by Crippen LogP contribution is 2.34. The molecule has 6 nitrogen and oxygen atoms in total. The highest BCUT2D eigenvalue weighted by atomic mass is 35.5. The maximum absolute atomic E-state index is 12.9. The Kier molecular flexibility index (Phi) is 6.89. The molecule has 0 aliphatic carbocycles. The van der Waals surface area contributed by atoms with E-state index >= 15 is 0 Å². The summed E-state index contributed by atoms with van der Waals surface area (Å²) in [5.41, 5.74) is 5.04. The third-order valence-electron chi connectivity index (χ3n) is 5.40. The number of carbonyl (C=O) groups excluding carboxylic acids is 3. The van der Waals surface area contributed by atoms with Crippen molar-refractivity contribution in [2.75, 3.05) is 11.9 Å². The molecular weight excluding hydrogens is 493 g/mol. The van der Waals surface area contributed by atoms with Crippen LogP contribution in [0.5, 0.6) is 0 Å².